The Labute approximate surface area is 541 Å². The Morgan fingerprint density at radius 3 is 1.46 bits per heavy atom. The molecular weight excluding hydrogens is 1210 g/mol. The van der Waals surface area contributed by atoms with Crippen LogP contribution in [0.15, 0.2) is 60.9 Å². The van der Waals surface area contributed by atoms with Gasteiger partial charge in [0.25, 0.3) is 11.8 Å². The standard InChI is InChI=1S/C32H40ClN7O4.C28H36ClN7O3.C4H5ClO.CH4/c1-19-17-40-27(36-28(19)38-14-12-22(18-38)34-31(43)44-32(2,3)4)16-25(37-40)26-7-5-6-13-39(26)30(42)23-15-21(33)10-11-24(23)35-29(41)20-8-9-20;1-17-15-36-24(32-25(17)34-12-10-19(16-34)31-27(38)39-28(2,3)4)14-22(33-36)23-7-5-6-11-35(23)26(37)20-13-18(29)8-9-21(20)30;5-4(6)3-1-2-3;/h10-11,15-17,20,22,26H,5-9,12-14,18H2,1-4H3,(H,34,43)(H,35,41);8-9,13-15,19,23H,5-7,10-12,16,30H2,1-4H3,(H,31,38);3H,1-2H2;1H4/t22-,26-;19-,23-;;/m00../s1. The summed E-state index contributed by atoms with van der Waals surface area (Å²) in [5.74, 6) is 1.59. The minimum absolute atomic E-state index is 0. The molecule has 6 aliphatic rings. The van der Waals surface area contributed by atoms with Gasteiger partial charge in [0, 0.05) is 102 Å². The normalized spacial score (nSPS) is 20.1. The lowest BCUT2D eigenvalue weighted by molar-refractivity contribution is -0.117. The Hall–Kier alpha value is -7.43. The van der Waals surface area contributed by atoms with Gasteiger partial charge in [-0.05, 0) is 180 Å². The van der Waals surface area contributed by atoms with Gasteiger partial charge in [0.15, 0.2) is 11.3 Å². The minimum atomic E-state index is -0.549. The van der Waals surface area contributed by atoms with Gasteiger partial charge in [0.05, 0.1) is 52.4 Å². The number of nitrogens with two attached hydrogens (primary N) is 1. The van der Waals surface area contributed by atoms with Gasteiger partial charge in [-0.1, -0.05) is 30.6 Å². The van der Waals surface area contributed by atoms with Crippen LogP contribution in [0.1, 0.15) is 181 Å². The average Bonchev–Trinajstić information content (AvgIpc) is 1.66. The summed E-state index contributed by atoms with van der Waals surface area (Å²) in [5, 5.41) is 19.4. The van der Waals surface area contributed by atoms with E-state index in [9.17, 15) is 28.8 Å². The molecule has 8 heterocycles. The number of fused-ring (bicyclic) bond motifs is 2. The Balaban J connectivity index is 0.000000194. The van der Waals surface area contributed by atoms with Gasteiger partial charge < -0.3 is 50.8 Å². The first-order valence-corrected chi connectivity index (χ1v) is 32.1. The summed E-state index contributed by atoms with van der Waals surface area (Å²) >= 11 is 17.5. The molecule has 0 unspecified atom stereocenters. The molecule has 4 aromatic heterocycles. The number of hydrogen-bond acceptors (Lipinski definition) is 15. The fourth-order valence-electron chi connectivity index (χ4n) is 11.8. The Bertz CT molecular complexity index is 3650. The number of anilines is 4. The smallest absolute Gasteiger partial charge is 0.407 e. The van der Waals surface area contributed by atoms with Crippen LogP contribution in [0, 0.1) is 25.7 Å². The van der Waals surface area contributed by atoms with Crippen LogP contribution >= 0.6 is 34.8 Å². The highest BCUT2D eigenvalue weighted by Gasteiger charge is 2.37. The van der Waals surface area contributed by atoms with Crippen molar-refractivity contribution in [3.05, 3.63) is 105 Å². The lowest BCUT2D eigenvalue weighted by Gasteiger charge is -2.35. The van der Waals surface area contributed by atoms with Crippen molar-refractivity contribution in [3.63, 3.8) is 0 Å². The number of aromatic nitrogens is 6. The lowest BCUT2D eigenvalue weighted by Crippen LogP contribution is -2.40. The summed E-state index contributed by atoms with van der Waals surface area (Å²) in [6.07, 6.45) is 13.9. The lowest BCUT2D eigenvalue weighted by atomic mass is 9.98. The summed E-state index contributed by atoms with van der Waals surface area (Å²) in [4.78, 5) is 92.6. The van der Waals surface area contributed by atoms with E-state index in [1.54, 1.807) is 45.4 Å². The van der Waals surface area contributed by atoms with Gasteiger partial charge in [-0.15, -0.1) is 0 Å². The zero-order valence-electron chi connectivity index (χ0n) is 51.9. The topological polar surface area (TPSA) is 256 Å². The Kier molecular flexibility index (Phi) is 20.8. The van der Waals surface area contributed by atoms with Crippen molar-refractivity contribution >= 4 is 104 Å². The highest BCUT2D eigenvalue weighted by Crippen LogP contribution is 2.38. The van der Waals surface area contributed by atoms with E-state index in [0.29, 0.717) is 64.4 Å². The number of carbonyl (C=O) groups is 6. The molecule has 0 radical (unpaired) electrons. The third-order valence-electron chi connectivity index (χ3n) is 16.4. The SMILES string of the molecule is C.Cc1cn2nc([C@@H]3CCCCN3C(=O)c3cc(Cl)ccc3N)cc2nc1N1CC[C@H](NC(=O)OC(C)(C)C)C1.Cc1cn2nc([C@@H]3CCCCN3C(=O)c3cc(Cl)ccc3NC(=O)C3CC3)cc2nc1N1CC[C@H](NC(=O)OC(C)(C)C)C1.O=C(Cl)C1CC1. The number of carbonyl (C=O) groups excluding carboxylic acids is 6. The van der Waals surface area contributed by atoms with E-state index < -0.39 is 23.4 Å². The Morgan fingerprint density at radius 1 is 0.578 bits per heavy atom. The van der Waals surface area contributed by atoms with Crippen molar-refractivity contribution in [2.75, 3.05) is 60.1 Å². The van der Waals surface area contributed by atoms with Crippen molar-refractivity contribution in [2.45, 2.75) is 175 Å². The van der Waals surface area contributed by atoms with E-state index in [1.807, 2.05) is 89.7 Å². The molecular formula is C65H85Cl3N14O8. The zero-order valence-corrected chi connectivity index (χ0v) is 54.2. The summed E-state index contributed by atoms with van der Waals surface area (Å²) in [6.45, 7) is 19.1. The maximum atomic E-state index is 14.0. The first-order valence-electron chi connectivity index (χ1n) is 30.9. The van der Waals surface area contributed by atoms with Crippen LogP contribution in [0.3, 0.4) is 0 Å². The molecule has 0 spiro atoms. The molecule has 484 valence electrons. The number of nitrogens with one attached hydrogen (secondary N) is 3. The molecule has 22 nitrogen and oxygen atoms in total. The maximum absolute atomic E-state index is 14.0. The van der Waals surface area contributed by atoms with Crippen molar-refractivity contribution < 1.29 is 38.2 Å². The second-order valence-corrected chi connectivity index (χ2v) is 27.4. The Morgan fingerprint density at radius 2 is 1.02 bits per heavy atom. The minimum Gasteiger partial charge on any atom is -0.444 e. The highest BCUT2D eigenvalue weighted by atomic mass is 35.5. The molecule has 90 heavy (non-hydrogen) atoms. The number of hydrogen-bond donors (Lipinski definition) is 4. The fraction of sp³-hybridized carbons (Fsp3) is 0.538. The number of nitrogen functional groups attached to an aromatic ring is 1. The predicted molar refractivity (Wildman–Crippen MR) is 350 cm³/mol. The van der Waals surface area contributed by atoms with Gasteiger partial charge >= 0.3 is 12.2 Å². The molecule has 4 saturated heterocycles. The number of aryl methyl sites for hydroxylation is 2. The van der Waals surface area contributed by atoms with Crippen LogP contribution in [-0.2, 0) is 19.1 Å². The molecule has 6 aromatic rings. The van der Waals surface area contributed by atoms with Gasteiger partial charge in [-0.3, -0.25) is 19.2 Å². The van der Waals surface area contributed by atoms with Crippen LogP contribution in [0.25, 0.3) is 11.3 Å². The number of nitrogens with zero attached hydrogens (tertiary/aromatic N) is 10. The van der Waals surface area contributed by atoms with Gasteiger partial charge in [-0.2, -0.15) is 10.2 Å². The van der Waals surface area contributed by atoms with Crippen LogP contribution in [0.2, 0.25) is 10.0 Å². The summed E-state index contributed by atoms with van der Waals surface area (Å²) < 4.78 is 14.4. The largest absolute Gasteiger partial charge is 0.444 e. The highest BCUT2D eigenvalue weighted by molar-refractivity contribution is 6.64. The molecule has 2 aromatic carbocycles. The number of alkyl carbamates (subject to hydrolysis) is 2. The van der Waals surface area contributed by atoms with Crippen LogP contribution in [0.5, 0.6) is 0 Å². The van der Waals surface area contributed by atoms with Crippen LogP contribution in [0.4, 0.5) is 32.6 Å². The zero-order chi connectivity index (χ0) is 63.6. The first kappa shape index (κ1) is 67.0. The number of likely N-dealkylation sites (tertiary alicyclic amines) is 2. The fourth-order valence-corrected chi connectivity index (χ4v) is 12.3. The molecule has 25 heteroatoms. The van der Waals surface area contributed by atoms with Gasteiger partial charge in [0.2, 0.25) is 11.1 Å². The molecule has 12 rings (SSSR count). The van der Waals surface area contributed by atoms with E-state index in [0.717, 1.165) is 130 Å². The molecule has 2 aliphatic carbocycles. The van der Waals surface area contributed by atoms with Crippen molar-refractivity contribution in [3.8, 4) is 0 Å². The summed E-state index contributed by atoms with van der Waals surface area (Å²) in [6, 6.07) is 13.5. The molecule has 4 atom stereocenters. The van der Waals surface area contributed by atoms with Crippen LogP contribution in [-0.4, -0.2) is 137 Å². The van der Waals surface area contributed by atoms with Crippen molar-refractivity contribution in [1.82, 2.24) is 49.6 Å². The third kappa shape index (κ3) is 16.7. The van der Waals surface area contributed by atoms with Crippen LogP contribution < -0.4 is 31.5 Å². The van der Waals surface area contributed by atoms with E-state index in [-0.39, 0.29) is 66.4 Å². The number of amides is 5. The average molecular weight is 1300 g/mol. The molecule has 4 aliphatic heterocycles. The quantitative estimate of drug-likeness (QED) is 0.0695. The van der Waals surface area contributed by atoms with Gasteiger partial charge in [0.1, 0.15) is 22.8 Å². The molecule has 2 saturated carbocycles. The molecule has 5 N–H and O–H groups in total. The number of ether oxygens (including phenoxy) is 2. The van der Waals surface area contributed by atoms with Gasteiger partial charge in [-0.25, -0.2) is 28.6 Å². The number of piperidine rings is 2. The third-order valence-corrected chi connectivity index (χ3v) is 17.2. The second-order valence-electron chi connectivity index (χ2n) is 26.2. The molecule has 6 fully saturated rings. The van der Waals surface area contributed by atoms with E-state index in [4.69, 9.17) is 70.2 Å². The second kappa shape index (κ2) is 28.0. The number of rotatable bonds is 11. The molecule has 5 amide bonds. The maximum Gasteiger partial charge on any atom is 0.407 e. The van der Waals surface area contributed by atoms with E-state index in [1.165, 1.54) is 0 Å². The first-order chi connectivity index (χ1) is 42.2. The molecule has 0 bridgehead atoms. The van der Waals surface area contributed by atoms with Crippen molar-refractivity contribution in [1.29, 1.82) is 0 Å². The number of benzene rings is 2. The van der Waals surface area contributed by atoms with E-state index >= 15 is 0 Å². The summed E-state index contributed by atoms with van der Waals surface area (Å²) in [7, 11) is 0. The predicted octanol–water partition coefficient (Wildman–Crippen LogP) is 12.1. The summed E-state index contributed by atoms with van der Waals surface area (Å²) in [5.41, 5.74) is 11.7. The number of halogens is 3. The monoisotopic (exact) mass is 1290 g/mol. The van der Waals surface area contributed by atoms with Crippen molar-refractivity contribution in [2.24, 2.45) is 11.8 Å². The van der Waals surface area contributed by atoms with E-state index in [2.05, 4.69) is 25.8 Å².